The highest BCUT2D eigenvalue weighted by Gasteiger charge is 2.29. The van der Waals surface area contributed by atoms with E-state index in [9.17, 15) is 9.18 Å². The Morgan fingerprint density at radius 2 is 2.29 bits per heavy atom. The number of halogens is 1. The third-order valence-corrected chi connectivity index (χ3v) is 2.36. The van der Waals surface area contributed by atoms with Gasteiger partial charge < -0.3 is 9.64 Å². The molecule has 94 valence electrons. The summed E-state index contributed by atoms with van der Waals surface area (Å²) in [5.74, 6) is 0. The molecule has 0 saturated carbocycles. The number of rotatable bonds is 0. The van der Waals surface area contributed by atoms with Crippen LogP contribution in [0.3, 0.4) is 0 Å². The molecule has 1 rings (SSSR count). The molecule has 4 nitrogen and oxygen atoms in total. The second-order valence-electron chi connectivity index (χ2n) is 4.99. The second kappa shape index (κ2) is 5.17. The van der Waals surface area contributed by atoms with Gasteiger partial charge in [-0.2, -0.15) is 5.26 Å². The van der Waals surface area contributed by atoms with Gasteiger partial charge in [-0.3, -0.25) is 0 Å². The average Bonchev–Trinajstić information content (AvgIpc) is 2.18. The molecule has 0 bridgehead atoms. The lowest BCUT2D eigenvalue weighted by Crippen LogP contribution is -2.44. The zero-order valence-corrected chi connectivity index (χ0v) is 10.4. The van der Waals surface area contributed by atoms with Crippen LogP contribution in [0.25, 0.3) is 0 Å². The first kappa shape index (κ1) is 13.5. The summed E-state index contributed by atoms with van der Waals surface area (Å²) in [6.45, 7) is 5.65. The van der Waals surface area contributed by atoms with E-state index in [-0.39, 0.29) is 6.54 Å². The first-order valence-corrected chi connectivity index (χ1v) is 5.54. The molecule has 0 aromatic heterocycles. The Kier molecular flexibility index (Phi) is 4.11. The van der Waals surface area contributed by atoms with Crippen LogP contribution < -0.4 is 0 Å². The number of hydrogen-bond donors (Lipinski definition) is 0. The Hall–Kier alpha value is -1.57. The van der Waals surface area contributed by atoms with Crippen LogP contribution >= 0.6 is 0 Å². The van der Waals surface area contributed by atoms with E-state index in [1.807, 2.05) is 6.07 Å². The van der Waals surface area contributed by atoms with Crippen molar-refractivity contribution in [2.45, 2.75) is 39.0 Å². The van der Waals surface area contributed by atoms with Gasteiger partial charge in [0.25, 0.3) is 0 Å². The largest absolute Gasteiger partial charge is 0.444 e. The highest BCUT2D eigenvalue weighted by atomic mass is 19.1. The van der Waals surface area contributed by atoms with E-state index in [1.165, 1.54) is 11.0 Å². The van der Waals surface area contributed by atoms with Crippen LogP contribution in [-0.4, -0.2) is 35.9 Å². The minimum atomic E-state index is -1.27. The summed E-state index contributed by atoms with van der Waals surface area (Å²) in [4.78, 5) is 13.0. The minimum Gasteiger partial charge on any atom is -0.444 e. The topological polar surface area (TPSA) is 53.3 Å². The molecule has 1 aliphatic rings. The highest BCUT2D eigenvalue weighted by Crippen LogP contribution is 2.21. The molecule has 1 amide bonds. The number of carbonyl (C=O) groups excluding carboxylic acids is 1. The third-order valence-electron chi connectivity index (χ3n) is 2.36. The van der Waals surface area contributed by atoms with Gasteiger partial charge in [0.15, 0.2) is 0 Å². The van der Waals surface area contributed by atoms with Crippen molar-refractivity contribution in [3.05, 3.63) is 11.6 Å². The summed E-state index contributed by atoms with van der Waals surface area (Å²) >= 11 is 0. The number of nitrogens with zero attached hydrogens (tertiary/aromatic N) is 2. The van der Waals surface area contributed by atoms with E-state index < -0.39 is 17.9 Å². The van der Waals surface area contributed by atoms with E-state index in [2.05, 4.69) is 0 Å². The van der Waals surface area contributed by atoms with Gasteiger partial charge in [-0.05, 0) is 32.8 Å². The molecule has 0 aromatic carbocycles. The van der Waals surface area contributed by atoms with Crippen LogP contribution in [0.15, 0.2) is 11.6 Å². The predicted molar refractivity (Wildman–Crippen MR) is 61.0 cm³/mol. The minimum absolute atomic E-state index is 0.0393. The van der Waals surface area contributed by atoms with Crippen molar-refractivity contribution in [3.8, 4) is 6.07 Å². The fraction of sp³-hybridized carbons (Fsp3) is 0.667. The van der Waals surface area contributed by atoms with E-state index in [4.69, 9.17) is 10.00 Å². The van der Waals surface area contributed by atoms with Crippen molar-refractivity contribution in [1.29, 1.82) is 5.26 Å². The zero-order valence-electron chi connectivity index (χ0n) is 10.4. The summed E-state index contributed by atoms with van der Waals surface area (Å²) < 4.78 is 18.8. The Morgan fingerprint density at radius 1 is 1.65 bits per heavy atom. The third kappa shape index (κ3) is 4.06. The van der Waals surface area contributed by atoms with Crippen molar-refractivity contribution in [1.82, 2.24) is 4.90 Å². The molecular weight excluding hydrogens is 223 g/mol. The maximum absolute atomic E-state index is 13.6. The summed E-state index contributed by atoms with van der Waals surface area (Å²) in [5.41, 5.74) is -0.127. The quantitative estimate of drug-likeness (QED) is 0.611. The number of piperidine rings is 1. The normalized spacial score (nSPS) is 23.4. The smallest absolute Gasteiger partial charge is 0.410 e. The van der Waals surface area contributed by atoms with E-state index in [0.717, 1.165) is 0 Å². The van der Waals surface area contributed by atoms with Crippen molar-refractivity contribution in [2.24, 2.45) is 0 Å². The number of hydrogen-bond acceptors (Lipinski definition) is 3. The van der Waals surface area contributed by atoms with E-state index >= 15 is 0 Å². The van der Waals surface area contributed by atoms with Gasteiger partial charge in [0.05, 0.1) is 12.6 Å². The van der Waals surface area contributed by atoms with Crippen LogP contribution in [0.4, 0.5) is 9.18 Å². The summed E-state index contributed by atoms with van der Waals surface area (Å²) in [6.07, 6.45) is -0.169. The van der Waals surface area contributed by atoms with Crippen molar-refractivity contribution >= 4 is 6.09 Å². The molecule has 0 N–H and O–H groups in total. The van der Waals surface area contributed by atoms with Crippen molar-refractivity contribution < 1.29 is 13.9 Å². The maximum Gasteiger partial charge on any atom is 0.410 e. The summed E-state index contributed by atoms with van der Waals surface area (Å²) in [6, 6.07) is 1.81. The molecular formula is C12H17FN2O2. The molecule has 1 atom stereocenters. The lowest BCUT2D eigenvalue weighted by atomic mass is 10.0. The van der Waals surface area contributed by atoms with Crippen molar-refractivity contribution in [2.75, 3.05) is 13.1 Å². The van der Waals surface area contributed by atoms with Gasteiger partial charge in [-0.1, -0.05) is 0 Å². The predicted octanol–water partition coefficient (Wildman–Crippen LogP) is 2.42. The number of ether oxygens (including phenoxy) is 1. The average molecular weight is 240 g/mol. The number of alkyl halides is 1. The Morgan fingerprint density at radius 3 is 2.76 bits per heavy atom. The Bertz CT molecular complexity index is 366. The molecule has 1 heterocycles. The van der Waals surface area contributed by atoms with Crippen LogP contribution in [0.5, 0.6) is 0 Å². The molecule has 0 aromatic rings. The summed E-state index contributed by atoms with van der Waals surface area (Å²) in [5, 5.41) is 8.47. The standard InChI is InChI=1S/C12H17FN2O2/c1-12(2,3)17-11(16)15-7-5-9(4-6-14)10(13)8-15/h4,10H,5,7-8H2,1-3H3/b9-4-. The molecule has 17 heavy (non-hydrogen) atoms. The molecule has 0 spiro atoms. The zero-order chi connectivity index (χ0) is 13.1. The van der Waals surface area contributed by atoms with Crippen LogP contribution in [-0.2, 0) is 4.74 Å². The van der Waals surface area contributed by atoms with Gasteiger partial charge in [-0.15, -0.1) is 0 Å². The molecule has 5 heteroatoms. The van der Waals surface area contributed by atoms with Gasteiger partial charge in [-0.25, -0.2) is 9.18 Å². The van der Waals surface area contributed by atoms with Crippen LogP contribution in [0.2, 0.25) is 0 Å². The fourth-order valence-electron chi connectivity index (χ4n) is 1.56. The lowest BCUT2D eigenvalue weighted by molar-refractivity contribution is 0.0185. The number of amides is 1. The lowest BCUT2D eigenvalue weighted by Gasteiger charge is -2.32. The molecule has 1 aliphatic heterocycles. The van der Waals surface area contributed by atoms with Gasteiger partial charge >= 0.3 is 6.09 Å². The number of allylic oxidation sites excluding steroid dienone is 1. The second-order valence-corrected chi connectivity index (χ2v) is 4.99. The maximum atomic E-state index is 13.6. The molecule has 1 fully saturated rings. The van der Waals surface area contributed by atoms with Gasteiger partial charge in [0, 0.05) is 12.6 Å². The number of nitriles is 1. The molecule has 1 saturated heterocycles. The fourth-order valence-corrected chi connectivity index (χ4v) is 1.56. The highest BCUT2D eigenvalue weighted by molar-refractivity contribution is 5.68. The van der Waals surface area contributed by atoms with Gasteiger partial charge in [0.2, 0.25) is 0 Å². The number of carbonyl (C=O) groups is 1. The number of likely N-dealkylation sites (tertiary alicyclic amines) is 1. The molecule has 0 aliphatic carbocycles. The first-order chi connectivity index (χ1) is 7.83. The Labute approximate surface area is 101 Å². The molecule has 0 radical (unpaired) electrons. The van der Waals surface area contributed by atoms with Gasteiger partial charge in [0.1, 0.15) is 11.8 Å². The first-order valence-electron chi connectivity index (χ1n) is 5.54. The summed E-state index contributed by atoms with van der Waals surface area (Å²) in [7, 11) is 0. The van der Waals surface area contributed by atoms with E-state index in [1.54, 1.807) is 20.8 Å². The van der Waals surface area contributed by atoms with Crippen LogP contribution in [0, 0.1) is 11.3 Å². The Balaban J connectivity index is 2.59. The monoisotopic (exact) mass is 240 g/mol. The molecule has 1 unspecified atom stereocenters. The van der Waals surface area contributed by atoms with Crippen LogP contribution in [0.1, 0.15) is 27.2 Å². The SMILES string of the molecule is CC(C)(C)OC(=O)N1CC/C(=C/C#N)C(F)C1. The van der Waals surface area contributed by atoms with E-state index in [0.29, 0.717) is 18.5 Å². The van der Waals surface area contributed by atoms with Crippen molar-refractivity contribution in [3.63, 3.8) is 0 Å².